The highest BCUT2D eigenvalue weighted by Crippen LogP contribution is 2.40. The Morgan fingerprint density at radius 2 is 2.06 bits per heavy atom. The van der Waals surface area contributed by atoms with Crippen LogP contribution in [0.1, 0.15) is 27.2 Å². The van der Waals surface area contributed by atoms with Crippen molar-refractivity contribution < 1.29 is 14.3 Å². The molecule has 0 unspecified atom stereocenters. The second-order valence-corrected chi connectivity index (χ2v) is 4.77. The molecular weight excluding hydrogens is 232 g/mol. The average molecular weight is 250 g/mol. The van der Waals surface area contributed by atoms with Crippen LogP contribution in [0.15, 0.2) is 18.2 Å². The van der Waals surface area contributed by atoms with Crippen LogP contribution < -0.4 is 20.5 Å². The maximum Gasteiger partial charge on any atom is 0.246 e. The molecule has 0 spiro atoms. The Bertz CT molecular complexity index is 471. The molecule has 0 saturated heterocycles. The minimum absolute atomic E-state index is 0.198. The lowest BCUT2D eigenvalue weighted by Crippen LogP contribution is -2.34. The van der Waals surface area contributed by atoms with Gasteiger partial charge in [-0.05, 0) is 18.6 Å². The van der Waals surface area contributed by atoms with E-state index in [9.17, 15) is 4.79 Å². The molecule has 5 nitrogen and oxygen atoms in total. The summed E-state index contributed by atoms with van der Waals surface area (Å²) in [5.74, 6) is 0.446. The van der Waals surface area contributed by atoms with Crippen LogP contribution in [0.2, 0.25) is 0 Å². The number of carbonyl (C=O) groups excluding carboxylic acids is 1. The highest BCUT2D eigenvalue weighted by atomic mass is 16.7. The number of amides is 1. The predicted octanol–water partition coefficient (Wildman–Crippen LogP) is 1.87. The average Bonchev–Trinajstić information content (AvgIpc) is 2.61. The van der Waals surface area contributed by atoms with Gasteiger partial charge >= 0.3 is 0 Å². The monoisotopic (exact) mass is 250 g/mol. The standard InChI is InChI=1S/C13H18N2O3/c1-4-9(14)12(16)15-8-5-6-10-11(7-8)18-13(2,3)17-10/h5-7,9H,4,14H2,1-3H3,(H,15,16)/t9-/m1/s1. The summed E-state index contributed by atoms with van der Waals surface area (Å²) in [5, 5.41) is 2.75. The fraction of sp³-hybridized carbons (Fsp3) is 0.462. The van der Waals surface area contributed by atoms with Gasteiger partial charge in [0.1, 0.15) is 0 Å². The van der Waals surface area contributed by atoms with E-state index in [1.165, 1.54) is 0 Å². The molecule has 0 saturated carbocycles. The van der Waals surface area contributed by atoms with Crippen molar-refractivity contribution in [1.82, 2.24) is 0 Å². The summed E-state index contributed by atoms with van der Waals surface area (Å²) in [6.07, 6.45) is 0.601. The molecule has 1 aliphatic rings. The fourth-order valence-electron chi connectivity index (χ4n) is 1.72. The van der Waals surface area contributed by atoms with Gasteiger partial charge in [-0.2, -0.15) is 0 Å². The number of rotatable bonds is 3. The van der Waals surface area contributed by atoms with E-state index in [1.807, 2.05) is 20.8 Å². The Balaban J connectivity index is 2.12. The van der Waals surface area contributed by atoms with Gasteiger partial charge in [0.25, 0.3) is 0 Å². The molecular formula is C13H18N2O3. The van der Waals surface area contributed by atoms with Crippen molar-refractivity contribution in [2.75, 3.05) is 5.32 Å². The van der Waals surface area contributed by atoms with Crippen molar-refractivity contribution in [2.45, 2.75) is 39.0 Å². The fourth-order valence-corrected chi connectivity index (χ4v) is 1.72. The summed E-state index contributed by atoms with van der Waals surface area (Å²) >= 11 is 0. The zero-order chi connectivity index (χ0) is 13.3. The number of nitrogens with one attached hydrogen (secondary N) is 1. The first-order valence-corrected chi connectivity index (χ1v) is 6.00. The lowest BCUT2D eigenvalue weighted by molar-refractivity contribution is -0.117. The Morgan fingerprint density at radius 1 is 1.39 bits per heavy atom. The third kappa shape index (κ3) is 2.56. The second kappa shape index (κ2) is 4.49. The van der Waals surface area contributed by atoms with Gasteiger partial charge in [0, 0.05) is 25.6 Å². The van der Waals surface area contributed by atoms with E-state index in [2.05, 4.69) is 5.32 Å². The predicted molar refractivity (Wildman–Crippen MR) is 68.7 cm³/mol. The first-order valence-electron chi connectivity index (χ1n) is 6.00. The quantitative estimate of drug-likeness (QED) is 0.858. The van der Waals surface area contributed by atoms with Crippen LogP contribution in [0.5, 0.6) is 11.5 Å². The van der Waals surface area contributed by atoms with E-state index in [0.29, 0.717) is 23.6 Å². The summed E-state index contributed by atoms with van der Waals surface area (Å²) in [5.41, 5.74) is 6.31. The Hall–Kier alpha value is -1.75. The normalized spacial score (nSPS) is 17.3. The van der Waals surface area contributed by atoms with E-state index in [0.717, 1.165) is 0 Å². The highest BCUT2D eigenvalue weighted by Gasteiger charge is 2.31. The summed E-state index contributed by atoms with van der Waals surface area (Å²) in [4.78, 5) is 11.7. The second-order valence-electron chi connectivity index (χ2n) is 4.77. The van der Waals surface area contributed by atoms with E-state index >= 15 is 0 Å². The van der Waals surface area contributed by atoms with Crippen molar-refractivity contribution >= 4 is 11.6 Å². The number of carbonyl (C=O) groups is 1. The van der Waals surface area contributed by atoms with Crippen LogP contribution in [0, 0.1) is 0 Å². The summed E-state index contributed by atoms with van der Waals surface area (Å²) < 4.78 is 11.2. The molecule has 0 fully saturated rings. The van der Waals surface area contributed by atoms with Gasteiger partial charge < -0.3 is 20.5 Å². The zero-order valence-corrected chi connectivity index (χ0v) is 10.8. The number of benzene rings is 1. The molecule has 98 valence electrons. The lowest BCUT2D eigenvalue weighted by Gasteiger charge is -2.16. The number of hydrogen-bond donors (Lipinski definition) is 2. The van der Waals surface area contributed by atoms with Gasteiger partial charge in [0.15, 0.2) is 11.5 Å². The van der Waals surface area contributed by atoms with Gasteiger partial charge in [-0.15, -0.1) is 0 Å². The summed E-state index contributed by atoms with van der Waals surface area (Å²) in [6.45, 7) is 5.53. The third-order valence-corrected chi connectivity index (χ3v) is 2.70. The van der Waals surface area contributed by atoms with Crippen molar-refractivity contribution in [3.05, 3.63) is 18.2 Å². The van der Waals surface area contributed by atoms with E-state index in [1.54, 1.807) is 18.2 Å². The van der Waals surface area contributed by atoms with Gasteiger partial charge in [0.2, 0.25) is 11.7 Å². The molecule has 1 amide bonds. The molecule has 1 aromatic carbocycles. The van der Waals surface area contributed by atoms with E-state index in [-0.39, 0.29) is 5.91 Å². The topological polar surface area (TPSA) is 73.6 Å². The number of fused-ring (bicyclic) bond motifs is 1. The van der Waals surface area contributed by atoms with Gasteiger partial charge in [-0.1, -0.05) is 6.92 Å². The molecule has 1 heterocycles. The molecule has 1 atom stereocenters. The maximum atomic E-state index is 11.7. The van der Waals surface area contributed by atoms with Crippen LogP contribution in [0.3, 0.4) is 0 Å². The molecule has 1 aliphatic heterocycles. The summed E-state index contributed by atoms with van der Waals surface area (Å²) in [7, 11) is 0. The maximum absolute atomic E-state index is 11.7. The number of ether oxygens (including phenoxy) is 2. The summed E-state index contributed by atoms with van der Waals surface area (Å²) in [6, 6.07) is 4.79. The molecule has 1 aromatic rings. The van der Waals surface area contributed by atoms with Crippen molar-refractivity contribution in [2.24, 2.45) is 5.73 Å². The Labute approximate surface area is 106 Å². The largest absolute Gasteiger partial charge is 0.449 e. The first-order chi connectivity index (χ1) is 8.41. The molecule has 2 rings (SSSR count). The highest BCUT2D eigenvalue weighted by molar-refractivity contribution is 5.94. The number of hydrogen-bond acceptors (Lipinski definition) is 4. The molecule has 18 heavy (non-hydrogen) atoms. The molecule has 0 aromatic heterocycles. The van der Waals surface area contributed by atoms with Crippen molar-refractivity contribution in [3.8, 4) is 11.5 Å². The van der Waals surface area contributed by atoms with Crippen molar-refractivity contribution in [3.63, 3.8) is 0 Å². The lowest BCUT2D eigenvalue weighted by atomic mass is 10.2. The van der Waals surface area contributed by atoms with Crippen molar-refractivity contribution in [1.29, 1.82) is 0 Å². The van der Waals surface area contributed by atoms with Crippen LogP contribution in [0.4, 0.5) is 5.69 Å². The Kier molecular flexibility index (Phi) is 3.17. The van der Waals surface area contributed by atoms with Crippen LogP contribution >= 0.6 is 0 Å². The third-order valence-electron chi connectivity index (χ3n) is 2.70. The van der Waals surface area contributed by atoms with Crippen LogP contribution in [-0.2, 0) is 4.79 Å². The van der Waals surface area contributed by atoms with Gasteiger partial charge in [-0.3, -0.25) is 4.79 Å². The number of nitrogens with two attached hydrogens (primary N) is 1. The Morgan fingerprint density at radius 3 is 2.72 bits per heavy atom. The first kappa shape index (κ1) is 12.7. The number of anilines is 1. The minimum atomic E-state index is -0.662. The molecule has 3 N–H and O–H groups in total. The smallest absolute Gasteiger partial charge is 0.246 e. The van der Waals surface area contributed by atoms with Crippen LogP contribution in [0.25, 0.3) is 0 Å². The minimum Gasteiger partial charge on any atom is -0.449 e. The van der Waals surface area contributed by atoms with Crippen LogP contribution in [-0.4, -0.2) is 17.7 Å². The molecule has 0 bridgehead atoms. The SMILES string of the molecule is CC[C@@H](N)C(=O)Nc1ccc2c(c1)OC(C)(C)O2. The van der Waals surface area contributed by atoms with Gasteiger partial charge in [-0.25, -0.2) is 0 Å². The molecule has 5 heteroatoms. The van der Waals surface area contributed by atoms with Gasteiger partial charge in [0.05, 0.1) is 6.04 Å². The van der Waals surface area contributed by atoms with E-state index in [4.69, 9.17) is 15.2 Å². The molecule has 0 aliphatic carbocycles. The zero-order valence-electron chi connectivity index (χ0n) is 10.8. The van der Waals surface area contributed by atoms with E-state index < -0.39 is 11.8 Å². The molecule has 0 radical (unpaired) electrons.